The maximum atomic E-state index is 8.22. The van der Waals surface area contributed by atoms with E-state index >= 15 is 0 Å². The Morgan fingerprint density at radius 2 is 1.71 bits per heavy atom. The van der Waals surface area contributed by atoms with Crippen molar-refractivity contribution in [2.75, 3.05) is 37.8 Å². The second-order valence-corrected chi connectivity index (χ2v) is 8.54. The molecule has 0 saturated carbocycles. The Balaban J connectivity index is 0.00000190. The van der Waals surface area contributed by atoms with E-state index in [0.717, 1.165) is 35.7 Å². The molecule has 0 saturated heterocycles. The number of aliphatic imine (C=N–C) groups is 1. The van der Waals surface area contributed by atoms with Gasteiger partial charge in [-0.15, -0.1) is 10.4 Å². The van der Waals surface area contributed by atoms with E-state index in [1.165, 1.54) is 11.3 Å². The van der Waals surface area contributed by atoms with Gasteiger partial charge in [0.25, 0.3) is 0 Å². The fourth-order valence-corrected chi connectivity index (χ4v) is 2.63. The molecule has 0 atom stereocenters. The SMILES string of the molecule is CN(C)c1ccc(-c2ccc([N-]CC[S-])c(C=NCC(C)(C)[S-])c2)cc1.[O]=[Tc+3]. The number of hydrogen-bond acceptors (Lipinski definition) is 5. The molecule has 2 aromatic carbocycles. The molecule has 0 aromatic heterocycles. The fraction of sp³-hybridized carbons (Fsp3) is 0.381. The molecule has 0 N–H and O–H groups in total. The topological polar surface area (TPSA) is 46.8 Å². The van der Waals surface area contributed by atoms with Crippen LogP contribution in [0.2, 0.25) is 0 Å². The predicted octanol–water partition coefficient (Wildman–Crippen LogP) is 4.59. The molecule has 28 heavy (non-hydrogen) atoms. The molecule has 0 aliphatic carbocycles. The summed E-state index contributed by atoms with van der Waals surface area (Å²) in [5, 5.41) is 4.58. The van der Waals surface area contributed by atoms with Crippen LogP contribution in [0.4, 0.5) is 11.4 Å². The van der Waals surface area contributed by atoms with Crippen LogP contribution in [0.3, 0.4) is 0 Å². The second-order valence-electron chi connectivity index (χ2n) is 7.03. The van der Waals surface area contributed by atoms with Crippen molar-refractivity contribution in [3.8, 4) is 11.1 Å². The Bertz CT molecular complexity index is 759. The summed E-state index contributed by atoms with van der Waals surface area (Å²) in [6.45, 7) is 5.25. The van der Waals surface area contributed by atoms with Gasteiger partial charge in [-0.1, -0.05) is 38.1 Å². The number of rotatable bonds is 8. The van der Waals surface area contributed by atoms with Gasteiger partial charge in [0.2, 0.25) is 0 Å². The Morgan fingerprint density at radius 1 is 1.11 bits per heavy atom. The van der Waals surface area contributed by atoms with E-state index in [0.29, 0.717) is 18.8 Å². The van der Waals surface area contributed by atoms with Gasteiger partial charge < -0.3 is 35.5 Å². The Labute approximate surface area is 190 Å². The third kappa shape index (κ3) is 8.48. The first-order valence-electron chi connectivity index (χ1n) is 8.83. The van der Waals surface area contributed by atoms with Crippen molar-refractivity contribution in [1.29, 1.82) is 0 Å². The summed E-state index contributed by atoms with van der Waals surface area (Å²) in [6, 6.07) is 14.8. The van der Waals surface area contributed by atoms with Gasteiger partial charge in [0, 0.05) is 32.5 Å². The van der Waals surface area contributed by atoms with Crippen LogP contribution in [-0.2, 0) is 47.6 Å². The zero-order valence-corrected chi connectivity index (χ0v) is 20.2. The van der Waals surface area contributed by atoms with Crippen molar-refractivity contribution >= 4 is 42.8 Å². The monoisotopic (exact) mass is 497 g/mol. The molecule has 0 spiro atoms. The zero-order valence-electron chi connectivity index (χ0n) is 16.7. The molecular formula is C21H26N3OS2Tc. The van der Waals surface area contributed by atoms with Crippen LogP contribution < -0.4 is 4.90 Å². The summed E-state index contributed by atoms with van der Waals surface area (Å²) in [7, 11) is 4.08. The first-order chi connectivity index (χ1) is 13.3. The molecular weight excluding hydrogens is 472 g/mol. The van der Waals surface area contributed by atoms with Gasteiger partial charge in [-0.3, -0.25) is 4.99 Å². The van der Waals surface area contributed by atoms with Crippen molar-refractivity contribution in [3.05, 3.63) is 53.3 Å². The van der Waals surface area contributed by atoms with Crippen LogP contribution in [0.5, 0.6) is 0 Å². The molecule has 0 fully saturated rings. The van der Waals surface area contributed by atoms with Gasteiger partial charge in [0.15, 0.2) is 0 Å². The summed E-state index contributed by atoms with van der Waals surface area (Å²) < 4.78 is 7.98. The zero-order chi connectivity index (χ0) is 21.2. The van der Waals surface area contributed by atoms with E-state index < -0.39 is 0 Å². The molecule has 2 rings (SSSR count). The molecule has 0 aliphatic rings. The standard InChI is InChI=1S/C21H28N3S2.O.Tc/c1-21(2,26)15-22-14-18-13-17(7-10-20(18)23-11-12-25)16-5-8-19(9-6-16)24(3)4;;/h5-10,13-14H,11-12,15H2,1-4H3,(H2-,22,23,25,26);;/q-1;;+3/p-2. The molecule has 0 heterocycles. The Morgan fingerprint density at radius 3 is 2.25 bits per heavy atom. The van der Waals surface area contributed by atoms with E-state index in [9.17, 15) is 0 Å². The van der Waals surface area contributed by atoms with E-state index in [1.807, 2.05) is 40.2 Å². The third-order valence-corrected chi connectivity index (χ3v) is 4.13. The molecule has 0 unspecified atom stereocenters. The van der Waals surface area contributed by atoms with Crippen molar-refractivity contribution in [2.45, 2.75) is 18.6 Å². The number of anilines is 1. The minimum absolute atomic E-state index is 0.242. The number of benzene rings is 2. The average molecular weight is 499 g/mol. The van der Waals surface area contributed by atoms with Gasteiger partial charge in [0.05, 0.1) is 0 Å². The third-order valence-electron chi connectivity index (χ3n) is 3.82. The molecule has 4 nitrogen and oxygen atoms in total. The molecule has 2 aromatic rings. The van der Waals surface area contributed by atoms with Crippen LogP contribution >= 0.6 is 0 Å². The first kappa shape index (κ1) is 24.9. The van der Waals surface area contributed by atoms with Crippen LogP contribution in [0.15, 0.2) is 47.5 Å². The minimum atomic E-state index is -0.242. The molecule has 0 bridgehead atoms. The van der Waals surface area contributed by atoms with Gasteiger partial charge in [-0.25, -0.2) is 0 Å². The molecule has 0 radical (unpaired) electrons. The van der Waals surface area contributed by atoms with Crippen molar-refractivity contribution < 1.29 is 22.4 Å². The second kappa shape index (κ2) is 12.4. The van der Waals surface area contributed by atoms with Crippen LogP contribution in [0.25, 0.3) is 16.4 Å². The van der Waals surface area contributed by atoms with Crippen LogP contribution in [0.1, 0.15) is 19.4 Å². The van der Waals surface area contributed by atoms with Crippen molar-refractivity contribution in [3.63, 3.8) is 0 Å². The van der Waals surface area contributed by atoms with Crippen molar-refractivity contribution in [1.82, 2.24) is 0 Å². The van der Waals surface area contributed by atoms with Crippen molar-refractivity contribution in [2.24, 2.45) is 4.99 Å². The fourth-order valence-electron chi connectivity index (χ4n) is 2.46. The summed E-state index contributed by atoms with van der Waals surface area (Å²) >= 11 is 11.3. The molecule has 0 amide bonds. The summed E-state index contributed by atoms with van der Waals surface area (Å²) in [4.78, 5) is 6.62. The van der Waals surface area contributed by atoms with E-state index in [4.69, 9.17) is 28.8 Å². The van der Waals surface area contributed by atoms with Gasteiger partial charge >= 0.3 is 22.4 Å². The van der Waals surface area contributed by atoms with Crippen LogP contribution in [0, 0.1) is 0 Å². The summed E-state index contributed by atoms with van der Waals surface area (Å²) in [5.41, 5.74) is 5.42. The van der Waals surface area contributed by atoms with E-state index in [-0.39, 0.29) is 4.75 Å². The van der Waals surface area contributed by atoms with E-state index in [2.05, 4.69) is 51.6 Å². The number of nitrogens with zero attached hydrogens (tertiary/aromatic N) is 3. The van der Waals surface area contributed by atoms with Crippen LogP contribution in [-0.4, -0.2) is 43.9 Å². The molecule has 7 heteroatoms. The molecule has 150 valence electrons. The normalized spacial score (nSPS) is 11.0. The van der Waals surface area contributed by atoms with Gasteiger partial charge in [-0.05, 0) is 34.9 Å². The Hall–Kier alpha value is -1.14. The van der Waals surface area contributed by atoms with Gasteiger partial charge in [-0.2, -0.15) is 12.3 Å². The number of hydrogen-bond donors (Lipinski definition) is 0. The summed E-state index contributed by atoms with van der Waals surface area (Å²) in [5.74, 6) is 0.615. The summed E-state index contributed by atoms with van der Waals surface area (Å²) in [6.07, 6.45) is 1.88. The first-order valence-corrected chi connectivity index (χ1v) is 10.6. The van der Waals surface area contributed by atoms with E-state index in [1.54, 1.807) is 0 Å². The predicted molar refractivity (Wildman–Crippen MR) is 121 cm³/mol. The van der Waals surface area contributed by atoms with Gasteiger partial charge in [0.1, 0.15) is 0 Å². The average Bonchev–Trinajstić information content (AvgIpc) is 2.67. The maximum absolute atomic E-state index is 8.22. The Kier molecular flexibility index (Phi) is 11.1. The quantitative estimate of drug-likeness (QED) is 0.395. The molecule has 0 aliphatic heterocycles.